The topological polar surface area (TPSA) is 100 Å². The minimum absolute atomic E-state index is 0.0319. The van der Waals surface area contributed by atoms with Gasteiger partial charge in [0, 0.05) is 29.4 Å². The van der Waals surface area contributed by atoms with Gasteiger partial charge in [0.05, 0.1) is 24.0 Å². The fourth-order valence-corrected chi connectivity index (χ4v) is 5.57. The third-order valence-corrected chi connectivity index (χ3v) is 8.09. The molecule has 1 amide bonds. The second-order valence-corrected chi connectivity index (χ2v) is 10.9. The van der Waals surface area contributed by atoms with Crippen molar-refractivity contribution in [2.75, 3.05) is 23.7 Å². The van der Waals surface area contributed by atoms with Crippen LogP contribution >= 0.6 is 22.6 Å². The Hall–Kier alpha value is -2.06. The molecule has 1 saturated heterocycles. The molecule has 1 atom stereocenters. The first kappa shape index (κ1) is 23.7. The van der Waals surface area contributed by atoms with Crippen molar-refractivity contribution in [3.63, 3.8) is 0 Å². The van der Waals surface area contributed by atoms with Gasteiger partial charge in [-0.1, -0.05) is 22.6 Å². The number of aliphatic hydroxyl groups is 1. The SMILES string of the molecule is O=C(Nc1cn(C2CCC(I)CC2)nc1C(F)F)c1cnn2c1NC(N1CCC(O)CC1)C=C2. The maximum Gasteiger partial charge on any atom is 0.284 e. The van der Waals surface area contributed by atoms with Crippen LogP contribution in [-0.4, -0.2) is 64.8 Å². The van der Waals surface area contributed by atoms with E-state index in [1.54, 1.807) is 15.6 Å². The number of hydrogen-bond donors (Lipinski definition) is 3. The van der Waals surface area contributed by atoms with Crippen LogP contribution in [0.1, 0.15) is 67.0 Å². The number of nitrogens with one attached hydrogen (secondary N) is 2. The second-order valence-electron chi connectivity index (χ2n) is 9.12. The van der Waals surface area contributed by atoms with Gasteiger partial charge in [-0.15, -0.1) is 0 Å². The Morgan fingerprint density at radius 1 is 1.21 bits per heavy atom. The normalized spacial score (nSPS) is 25.9. The van der Waals surface area contributed by atoms with Crippen LogP contribution in [0.15, 0.2) is 18.5 Å². The summed E-state index contributed by atoms with van der Waals surface area (Å²) in [4.78, 5) is 15.3. The van der Waals surface area contributed by atoms with E-state index in [2.05, 4.69) is 48.3 Å². The van der Waals surface area contributed by atoms with E-state index >= 15 is 0 Å². The highest BCUT2D eigenvalue weighted by molar-refractivity contribution is 14.1. The molecule has 5 rings (SSSR count). The lowest BCUT2D eigenvalue weighted by Crippen LogP contribution is -2.46. The minimum atomic E-state index is -2.79. The number of hydrogen-bond acceptors (Lipinski definition) is 6. The molecule has 2 fully saturated rings. The molecule has 2 aromatic heterocycles. The van der Waals surface area contributed by atoms with Gasteiger partial charge in [0.25, 0.3) is 12.3 Å². The molecule has 2 aromatic rings. The monoisotopic (exact) mass is 587 g/mol. The average molecular weight is 587 g/mol. The number of rotatable bonds is 5. The highest BCUT2D eigenvalue weighted by Crippen LogP contribution is 2.35. The number of aromatic nitrogens is 4. The maximum absolute atomic E-state index is 13.7. The number of nitrogens with zero attached hydrogens (tertiary/aromatic N) is 5. The highest BCUT2D eigenvalue weighted by Gasteiger charge is 2.30. The standard InChI is InChI=1S/C22H28F2IN7O2/c23-20(24)19-17(12-32(29-19)14-3-1-13(25)2-4-14)27-22(34)16-11-26-31-10-7-18(28-21(16)31)30-8-5-15(33)6-9-30/h7,10-15,18,20,28,33H,1-6,8-9H2,(H,27,34). The Balaban J connectivity index is 1.32. The van der Waals surface area contributed by atoms with Crippen LogP contribution in [0.5, 0.6) is 0 Å². The van der Waals surface area contributed by atoms with Crippen molar-refractivity contribution < 1.29 is 18.7 Å². The number of aliphatic hydroxyl groups excluding tert-OH is 1. The van der Waals surface area contributed by atoms with Crippen molar-refractivity contribution in [3.8, 4) is 0 Å². The minimum Gasteiger partial charge on any atom is -0.393 e. The van der Waals surface area contributed by atoms with E-state index in [1.807, 2.05) is 6.08 Å². The van der Waals surface area contributed by atoms with Gasteiger partial charge >= 0.3 is 0 Å². The third kappa shape index (κ3) is 4.85. The van der Waals surface area contributed by atoms with Gasteiger partial charge < -0.3 is 15.7 Å². The number of anilines is 2. The summed E-state index contributed by atoms with van der Waals surface area (Å²) in [6.07, 6.45) is 8.67. The lowest BCUT2D eigenvalue weighted by molar-refractivity contribution is 0.0748. The zero-order chi connectivity index (χ0) is 23.8. The van der Waals surface area contributed by atoms with Gasteiger partial charge in [0.15, 0.2) is 5.69 Å². The molecule has 12 heteroatoms. The first-order chi connectivity index (χ1) is 16.4. The van der Waals surface area contributed by atoms with Crippen molar-refractivity contribution in [1.82, 2.24) is 24.5 Å². The molecule has 1 saturated carbocycles. The molecule has 2 aliphatic heterocycles. The quantitative estimate of drug-likeness (QED) is 0.363. The van der Waals surface area contributed by atoms with Crippen LogP contribution in [0.3, 0.4) is 0 Å². The number of piperidine rings is 1. The molecule has 0 radical (unpaired) electrons. The van der Waals surface area contributed by atoms with Gasteiger partial charge in [-0.3, -0.25) is 14.4 Å². The molecule has 0 bridgehead atoms. The Morgan fingerprint density at radius 3 is 2.65 bits per heavy atom. The van der Waals surface area contributed by atoms with E-state index in [1.165, 1.54) is 12.4 Å². The first-order valence-electron chi connectivity index (χ1n) is 11.7. The summed E-state index contributed by atoms with van der Waals surface area (Å²) < 4.78 is 31.2. The number of halogens is 3. The predicted octanol–water partition coefficient (Wildman–Crippen LogP) is 3.87. The smallest absolute Gasteiger partial charge is 0.284 e. The molecule has 1 unspecified atom stereocenters. The summed E-state index contributed by atoms with van der Waals surface area (Å²) in [5, 5.41) is 24.1. The van der Waals surface area contributed by atoms with Crippen LogP contribution < -0.4 is 10.6 Å². The predicted molar refractivity (Wildman–Crippen MR) is 132 cm³/mol. The van der Waals surface area contributed by atoms with Crippen molar-refractivity contribution in [1.29, 1.82) is 0 Å². The molecular formula is C22H28F2IN7O2. The number of carbonyl (C=O) groups is 1. The Bertz CT molecular complexity index is 1060. The summed E-state index contributed by atoms with van der Waals surface area (Å²) in [6.45, 7) is 1.46. The zero-order valence-electron chi connectivity index (χ0n) is 18.6. The average Bonchev–Trinajstić information content (AvgIpc) is 3.44. The first-order valence-corrected chi connectivity index (χ1v) is 12.9. The van der Waals surface area contributed by atoms with E-state index in [4.69, 9.17) is 0 Å². The molecule has 34 heavy (non-hydrogen) atoms. The molecule has 0 spiro atoms. The number of alkyl halides is 3. The van der Waals surface area contributed by atoms with Gasteiger partial charge in [0.1, 0.15) is 17.5 Å². The maximum atomic E-state index is 13.7. The van der Waals surface area contributed by atoms with Gasteiger partial charge in [-0.05, 0) is 44.6 Å². The Kier molecular flexibility index (Phi) is 6.89. The molecule has 1 aliphatic carbocycles. The zero-order valence-corrected chi connectivity index (χ0v) is 20.7. The van der Waals surface area contributed by atoms with Crippen LogP contribution in [0.2, 0.25) is 0 Å². The lowest BCUT2D eigenvalue weighted by Gasteiger charge is -2.36. The Labute approximate surface area is 209 Å². The Morgan fingerprint density at radius 2 is 1.94 bits per heavy atom. The molecule has 3 aliphatic rings. The summed E-state index contributed by atoms with van der Waals surface area (Å²) >= 11 is 2.42. The molecule has 3 N–H and O–H groups in total. The lowest BCUT2D eigenvalue weighted by atomic mass is 9.96. The van der Waals surface area contributed by atoms with E-state index in [-0.39, 0.29) is 29.6 Å². The molecule has 184 valence electrons. The van der Waals surface area contributed by atoms with E-state index in [0.29, 0.717) is 22.6 Å². The summed E-state index contributed by atoms with van der Waals surface area (Å²) in [5.74, 6) is -0.0169. The van der Waals surface area contributed by atoms with Crippen molar-refractivity contribution in [2.45, 2.75) is 67.2 Å². The third-order valence-electron chi connectivity index (χ3n) is 6.84. The van der Waals surface area contributed by atoms with E-state index in [0.717, 1.165) is 38.8 Å². The summed E-state index contributed by atoms with van der Waals surface area (Å²) in [6, 6.07) is 0.0636. The summed E-state index contributed by atoms with van der Waals surface area (Å²) in [7, 11) is 0. The van der Waals surface area contributed by atoms with Crippen LogP contribution in [0.4, 0.5) is 20.3 Å². The van der Waals surface area contributed by atoms with Crippen molar-refractivity contribution in [3.05, 3.63) is 29.7 Å². The number of amides is 1. The van der Waals surface area contributed by atoms with Gasteiger partial charge in [0.2, 0.25) is 0 Å². The summed E-state index contributed by atoms with van der Waals surface area (Å²) in [5.41, 5.74) is -0.113. The number of fused-ring (bicyclic) bond motifs is 1. The van der Waals surface area contributed by atoms with Crippen LogP contribution in [0, 0.1) is 0 Å². The van der Waals surface area contributed by atoms with Gasteiger partial charge in [-0.2, -0.15) is 10.2 Å². The molecule has 0 aromatic carbocycles. The van der Waals surface area contributed by atoms with Crippen molar-refractivity contribution in [2.24, 2.45) is 0 Å². The fourth-order valence-electron chi connectivity index (χ4n) is 4.85. The van der Waals surface area contributed by atoms with Crippen LogP contribution in [0.25, 0.3) is 6.20 Å². The molecule has 9 nitrogen and oxygen atoms in total. The van der Waals surface area contributed by atoms with Crippen molar-refractivity contribution >= 4 is 46.2 Å². The molecular weight excluding hydrogens is 559 g/mol. The van der Waals surface area contributed by atoms with Gasteiger partial charge in [-0.25, -0.2) is 13.5 Å². The van der Waals surface area contributed by atoms with E-state index in [9.17, 15) is 18.7 Å². The van der Waals surface area contributed by atoms with E-state index < -0.39 is 18.0 Å². The number of likely N-dealkylation sites (tertiary alicyclic amines) is 1. The highest BCUT2D eigenvalue weighted by atomic mass is 127. The van der Waals surface area contributed by atoms with Crippen LogP contribution in [-0.2, 0) is 0 Å². The number of carbonyl (C=O) groups excluding carboxylic acids is 1. The molecule has 4 heterocycles. The second kappa shape index (κ2) is 9.90. The largest absolute Gasteiger partial charge is 0.393 e. The fraction of sp³-hybridized carbons (Fsp3) is 0.591.